The molecule has 0 unspecified atom stereocenters. The molecular weight excluding hydrogens is 254 g/mol. The summed E-state index contributed by atoms with van der Waals surface area (Å²) in [5.41, 5.74) is 6.64. The van der Waals surface area contributed by atoms with Crippen LogP contribution in [0.3, 0.4) is 0 Å². The van der Waals surface area contributed by atoms with Crippen LogP contribution >= 0.6 is 0 Å². The fourth-order valence-electron chi connectivity index (χ4n) is 2.23. The van der Waals surface area contributed by atoms with Crippen molar-refractivity contribution in [3.8, 4) is 0 Å². The number of hydrogen-bond acceptors (Lipinski definition) is 3. The Morgan fingerprint density at radius 3 is 3.05 bits per heavy atom. The van der Waals surface area contributed by atoms with Crippen LogP contribution in [-0.4, -0.2) is 15.7 Å². The molecule has 3 N–H and O–H groups in total. The van der Waals surface area contributed by atoms with Gasteiger partial charge in [0.2, 0.25) is 0 Å². The van der Waals surface area contributed by atoms with E-state index in [9.17, 15) is 0 Å². The molecule has 2 heterocycles. The van der Waals surface area contributed by atoms with Crippen LogP contribution in [0.4, 0.5) is 5.69 Å². The molecule has 0 aliphatic heterocycles. The number of nitrogens with two attached hydrogens (primary N) is 1. The van der Waals surface area contributed by atoms with E-state index in [2.05, 4.69) is 22.3 Å². The molecule has 0 radical (unpaired) electrons. The van der Waals surface area contributed by atoms with Gasteiger partial charge < -0.3 is 15.5 Å². The van der Waals surface area contributed by atoms with Gasteiger partial charge in [0.05, 0.1) is 11.9 Å². The number of furan rings is 1. The van der Waals surface area contributed by atoms with Gasteiger partial charge >= 0.3 is 0 Å². The first-order valence-electron chi connectivity index (χ1n) is 6.76. The number of hydrogen-bond donors (Lipinski definition) is 2. The zero-order chi connectivity index (χ0) is 14.1. The zero-order valence-electron chi connectivity index (χ0n) is 11.7. The molecule has 1 aliphatic carbocycles. The summed E-state index contributed by atoms with van der Waals surface area (Å²) in [6.07, 6.45) is 4.75. The van der Waals surface area contributed by atoms with Crippen molar-refractivity contribution in [3.05, 3.63) is 36.0 Å². The molecule has 0 amide bonds. The van der Waals surface area contributed by atoms with E-state index in [4.69, 9.17) is 10.2 Å². The molecule has 106 valence electrons. The van der Waals surface area contributed by atoms with E-state index in [1.807, 2.05) is 25.4 Å². The van der Waals surface area contributed by atoms with E-state index < -0.39 is 0 Å². The summed E-state index contributed by atoms with van der Waals surface area (Å²) in [6, 6.07) is 4.02. The quantitative estimate of drug-likeness (QED) is 0.660. The first kappa shape index (κ1) is 12.8. The Balaban J connectivity index is 1.57. The van der Waals surface area contributed by atoms with Crippen LogP contribution in [0.15, 0.2) is 33.9 Å². The Hall–Kier alpha value is -2.24. The van der Waals surface area contributed by atoms with Crippen LogP contribution < -0.4 is 11.1 Å². The van der Waals surface area contributed by atoms with Crippen molar-refractivity contribution in [3.63, 3.8) is 0 Å². The maximum atomic E-state index is 5.82. The Kier molecular flexibility index (Phi) is 3.22. The number of aromatic nitrogens is 2. The van der Waals surface area contributed by atoms with Gasteiger partial charge in [0, 0.05) is 19.2 Å². The van der Waals surface area contributed by atoms with Gasteiger partial charge in [-0.2, -0.15) is 5.10 Å². The van der Waals surface area contributed by atoms with E-state index in [0.29, 0.717) is 18.4 Å². The van der Waals surface area contributed by atoms with Gasteiger partial charge in [0.15, 0.2) is 5.96 Å². The summed E-state index contributed by atoms with van der Waals surface area (Å²) in [6.45, 7) is 2.68. The highest BCUT2D eigenvalue weighted by Gasteiger charge is 2.36. The molecule has 1 saturated carbocycles. The number of aliphatic imine (C=N–C) groups is 1. The van der Waals surface area contributed by atoms with Gasteiger partial charge in [-0.05, 0) is 24.5 Å². The van der Waals surface area contributed by atoms with Crippen molar-refractivity contribution < 1.29 is 4.42 Å². The second-order valence-electron chi connectivity index (χ2n) is 5.35. The Bertz CT molecular complexity index is 627. The van der Waals surface area contributed by atoms with Gasteiger partial charge in [-0.1, -0.05) is 6.92 Å². The molecule has 0 bridgehead atoms. The van der Waals surface area contributed by atoms with Crippen LogP contribution in [0.25, 0.3) is 0 Å². The lowest BCUT2D eigenvalue weighted by atomic mass is 10.3. The average Bonchev–Trinajstić information content (AvgIpc) is 2.82. The molecule has 1 aliphatic rings. The minimum absolute atomic E-state index is 0.357. The van der Waals surface area contributed by atoms with Crippen molar-refractivity contribution >= 4 is 11.6 Å². The summed E-state index contributed by atoms with van der Waals surface area (Å²) in [4.78, 5) is 4.26. The third-order valence-electron chi connectivity index (χ3n) is 3.54. The number of aryl methyl sites for hydroxylation is 1. The van der Waals surface area contributed by atoms with Crippen LogP contribution in [-0.2, 0) is 13.6 Å². The number of anilines is 1. The van der Waals surface area contributed by atoms with Crippen molar-refractivity contribution in [2.45, 2.75) is 25.8 Å². The summed E-state index contributed by atoms with van der Waals surface area (Å²) in [5.74, 6) is 3.61. The number of nitrogens with one attached hydrogen (secondary N) is 1. The minimum Gasteiger partial charge on any atom is -0.464 e. The van der Waals surface area contributed by atoms with Crippen molar-refractivity contribution in [2.75, 3.05) is 5.32 Å². The summed E-state index contributed by atoms with van der Waals surface area (Å²) < 4.78 is 7.48. The molecular formula is C14H19N5O. The Morgan fingerprint density at radius 2 is 2.40 bits per heavy atom. The van der Waals surface area contributed by atoms with Crippen molar-refractivity contribution in [1.82, 2.24) is 9.78 Å². The summed E-state index contributed by atoms with van der Waals surface area (Å²) >= 11 is 0. The van der Waals surface area contributed by atoms with Crippen molar-refractivity contribution in [1.29, 1.82) is 0 Å². The lowest BCUT2D eigenvalue weighted by Gasteiger charge is -2.01. The topological polar surface area (TPSA) is 81.4 Å². The average molecular weight is 273 g/mol. The monoisotopic (exact) mass is 273 g/mol. The molecule has 20 heavy (non-hydrogen) atoms. The molecule has 6 heteroatoms. The van der Waals surface area contributed by atoms with Crippen LogP contribution in [0, 0.1) is 5.92 Å². The highest BCUT2D eigenvalue weighted by Crippen LogP contribution is 2.47. The van der Waals surface area contributed by atoms with E-state index in [1.165, 1.54) is 6.42 Å². The van der Waals surface area contributed by atoms with E-state index >= 15 is 0 Å². The number of nitrogens with zero attached hydrogens (tertiary/aromatic N) is 3. The molecule has 3 rings (SSSR count). The van der Waals surface area contributed by atoms with Crippen LogP contribution in [0.5, 0.6) is 0 Å². The van der Waals surface area contributed by atoms with Gasteiger partial charge in [-0.25, -0.2) is 4.99 Å². The molecule has 0 spiro atoms. The lowest BCUT2D eigenvalue weighted by molar-refractivity contribution is 0.464. The number of guanidine groups is 1. The second kappa shape index (κ2) is 5.03. The zero-order valence-corrected chi connectivity index (χ0v) is 11.7. The molecule has 0 aromatic carbocycles. The van der Waals surface area contributed by atoms with E-state index in [0.717, 1.165) is 23.1 Å². The van der Waals surface area contributed by atoms with Gasteiger partial charge in [-0.3, -0.25) is 4.68 Å². The molecule has 2 atom stereocenters. The maximum absolute atomic E-state index is 5.82. The summed E-state index contributed by atoms with van der Waals surface area (Å²) in [5, 5.41) is 7.03. The molecule has 0 saturated heterocycles. The van der Waals surface area contributed by atoms with Gasteiger partial charge in [0.25, 0.3) is 0 Å². The molecule has 6 nitrogen and oxygen atoms in total. The fraction of sp³-hybridized carbons (Fsp3) is 0.429. The van der Waals surface area contributed by atoms with Crippen LogP contribution in [0.1, 0.15) is 30.8 Å². The molecule has 2 aromatic rings. The first-order valence-corrected chi connectivity index (χ1v) is 6.76. The Labute approximate surface area is 117 Å². The SMILES string of the molecule is C[C@@H]1C[C@H]1c1ccc(CN=C(N)Nc2cnn(C)c2)o1. The standard InChI is InChI=1S/C14H19N5O/c1-9-5-12(9)13-4-3-11(20-13)7-16-14(15)18-10-6-17-19(2)8-10/h3-4,6,8-9,12H,5,7H2,1-2H3,(H3,15,16,18)/t9-,12-/m1/s1. The van der Waals surface area contributed by atoms with Crippen molar-refractivity contribution in [2.24, 2.45) is 23.7 Å². The highest BCUT2D eigenvalue weighted by atomic mass is 16.3. The predicted molar refractivity (Wildman–Crippen MR) is 77.4 cm³/mol. The third-order valence-corrected chi connectivity index (χ3v) is 3.54. The first-order chi connectivity index (χ1) is 9.61. The largest absolute Gasteiger partial charge is 0.464 e. The van der Waals surface area contributed by atoms with Crippen LogP contribution in [0.2, 0.25) is 0 Å². The fourth-order valence-corrected chi connectivity index (χ4v) is 2.23. The predicted octanol–water partition coefficient (Wildman–Crippen LogP) is 2.06. The van der Waals surface area contributed by atoms with Gasteiger partial charge in [0.1, 0.15) is 18.1 Å². The molecule has 2 aromatic heterocycles. The smallest absolute Gasteiger partial charge is 0.193 e. The second-order valence-corrected chi connectivity index (χ2v) is 5.35. The van der Waals surface area contributed by atoms with E-state index in [1.54, 1.807) is 10.9 Å². The summed E-state index contributed by atoms with van der Waals surface area (Å²) in [7, 11) is 1.85. The van der Waals surface area contributed by atoms with Gasteiger partial charge in [-0.15, -0.1) is 0 Å². The molecule has 1 fully saturated rings. The van der Waals surface area contributed by atoms with E-state index in [-0.39, 0.29) is 0 Å². The lowest BCUT2D eigenvalue weighted by Crippen LogP contribution is -2.22. The highest BCUT2D eigenvalue weighted by molar-refractivity contribution is 5.91. The minimum atomic E-state index is 0.357. The normalized spacial score (nSPS) is 22.0. The Morgan fingerprint density at radius 1 is 1.60 bits per heavy atom. The third kappa shape index (κ3) is 2.84. The number of rotatable bonds is 4. The maximum Gasteiger partial charge on any atom is 0.193 e.